The van der Waals surface area contributed by atoms with Gasteiger partial charge in [-0.2, -0.15) is 0 Å². The fourth-order valence-corrected chi connectivity index (χ4v) is 2.31. The van der Waals surface area contributed by atoms with Gasteiger partial charge in [0.1, 0.15) is 0 Å². The lowest BCUT2D eigenvalue weighted by Crippen LogP contribution is -2.33. The predicted octanol–water partition coefficient (Wildman–Crippen LogP) is 3.42. The summed E-state index contributed by atoms with van der Waals surface area (Å²) >= 11 is 12.3. The summed E-state index contributed by atoms with van der Waals surface area (Å²) in [5.41, 5.74) is 1.10. The monoisotopic (exact) mass is 215 g/mol. The van der Waals surface area contributed by atoms with Crippen LogP contribution in [0.2, 0.25) is 0 Å². The molecule has 3 heteroatoms. The Labute approximate surface area is 88.3 Å². The Balaban J connectivity index is 2.27. The minimum Gasteiger partial charge on any atom is -0.340 e. The first-order valence-corrected chi connectivity index (χ1v) is 5.16. The highest BCUT2D eigenvalue weighted by molar-refractivity contribution is 6.49. The molecule has 0 radical (unpaired) electrons. The van der Waals surface area contributed by atoms with E-state index in [9.17, 15) is 0 Å². The van der Waals surface area contributed by atoms with Crippen LogP contribution in [0, 0.1) is 0 Å². The first-order chi connectivity index (χ1) is 6.20. The van der Waals surface area contributed by atoms with Gasteiger partial charge < -0.3 is 4.90 Å². The van der Waals surface area contributed by atoms with Gasteiger partial charge in [-0.1, -0.05) is 41.4 Å². The van der Waals surface area contributed by atoms with Crippen LogP contribution in [-0.4, -0.2) is 11.0 Å². The number of hydrogen-bond donors (Lipinski definition) is 0. The molecule has 2 rings (SSSR count). The predicted molar refractivity (Wildman–Crippen MR) is 57.5 cm³/mol. The number of alkyl halides is 2. The van der Waals surface area contributed by atoms with Gasteiger partial charge in [0.15, 0.2) is 4.46 Å². The minimum absolute atomic E-state index is 0.707. The molecule has 0 unspecified atom stereocenters. The average Bonchev–Trinajstić information content (AvgIpc) is 2.47. The highest BCUT2D eigenvalue weighted by atomic mass is 35.5. The maximum atomic E-state index is 6.16. The van der Waals surface area contributed by atoms with Crippen LogP contribution in [0.15, 0.2) is 30.3 Å². The number of benzene rings is 1. The van der Waals surface area contributed by atoms with E-state index >= 15 is 0 Å². The standard InChI is InChI=1S/C10H11Cl2N/c11-10(12)7-4-8-13(10)9-5-2-1-3-6-9/h1-3,5-6H,4,7-8H2. The minimum atomic E-state index is -0.707. The van der Waals surface area contributed by atoms with Gasteiger partial charge in [-0.15, -0.1) is 0 Å². The summed E-state index contributed by atoms with van der Waals surface area (Å²) < 4.78 is -0.707. The Morgan fingerprint density at radius 2 is 1.85 bits per heavy atom. The molecule has 1 aromatic rings. The van der Waals surface area contributed by atoms with Gasteiger partial charge in [-0.25, -0.2) is 0 Å². The van der Waals surface area contributed by atoms with Gasteiger partial charge in [0.2, 0.25) is 0 Å². The van der Waals surface area contributed by atoms with E-state index in [2.05, 4.69) is 0 Å². The molecule has 1 aromatic carbocycles. The first kappa shape index (κ1) is 9.17. The van der Waals surface area contributed by atoms with Crippen LogP contribution in [0.5, 0.6) is 0 Å². The number of nitrogens with zero attached hydrogens (tertiary/aromatic N) is 1. The van der Waals surface area contributed by atoms with Crippen molar-refractivity contribution in [2.75, 3.05) is 11.4 Å². The number of hydrogen-bond acceptors (Lipinski definition) is 1. The maximum Gasteiger partial charge on any atom is 0.190 e. The van der Waals surface area contributed by atoms with Gasteiger partial charge >= 0.3 is 0 Å². The second-order valence-electron chi connectivity index (χ2n) is 3.26. The van der Waals surface area contributed by atoms with Crippen molar-refractivity contribution < 1.29 is 0 Å². The van der Waals surface area contributed by atoms with E-state index in [0.29, 0.717) is 0 Å². The lowest BCUT2D eigenvalue weighted by Gasteiger charge is -2.28. The van der Waals surface area contributed by atoms with E-state index in [1.165, 1.54) is 0 Å². The van der Waals surface area contributed by atoms with Crippen LogP contribution >= 0.6 is 23.2 Å². The smallest absolute Gasteiger partial charge is 0.190 e. The fraction of sp³-hybridized carbons (Fsp3) is 0.400. The molecule has 0 spiro atoms. The summed E-state index contributed by atoms with van der Waals surface area (Å²) in [7, 11) is 0. The molecule has 1 saturated heterocycles. The summed E-state index contributed by atoms with van der Waals surface area (Å²) in [5.74, 6) is 0. The van der Waals surface area contributed by atoms with E-state index < -0.39 is 4.46 Å². The number of anilines is 1. The third-order valence-corrected chi connectivity index (χ3v) is 3.11. The molecule has 0 saturated carbocycles. The van der Waals surface area contributed by atoms with Gasteiger partial charge in [0.05, 0.1) is 0 Å². The summed E-state index contributed by atoms with van der Waals surface area (Å²) in [6.45, 7) is 0.941. The van der Waals surface area contributed by atoms with Crippen molar-refractivity contribution >= 4 is 28.9 Å². The Kier molecular flexibility index (Phi) is 2.39. The molecule has 1 aliphatic heterocycles. The molecule has 0 aromatic heterocycles. The molecule has 70 valence electrons. The fourth-order valence-electron chi connectivity index (χ4n) is 1.67. The summed E-state index contributed by atoms with van der Waals surface area (Å²) in [6.07, 6.45) is 1.90. The average molecular weight is 216 g/mol. The topological polar surface area (TPSA) is 3.24 Å². The SMILES string of the molecule is ClC1(Cl)CCCN1c1ccccc1. The van der Waals surface area contributed by atoms with E-state index in [4.69, 9.17) is 23.2 Å². The van der Waals surface area contributed by atoms with Gasteiger partial charge in [-0.3, -0.25) is 0 Å². The van der Waals surface area contributed by atoms with Crippen molar-refractivity contribution in [3.05, 3.63) is 30.3 Å². The molecule has 1 fully saturated rings. The number of rotatable bonds is 1. The van der Waals surface area contributed by atoms with E-state index in [-0.39, 0.29) is 0 Å². The Hall–Kier alpha value is -0.400. The lowest BCUT2D eigenvalue weighted by atomic mass is 10.3. The van der Waals surface area contributed by atoms with Crippen molar-refractivity contribution in [3.63, 3.8) is 0 Å². The van der Waals surface area contributed by atoms with Crippen LogP contribution in [0.3, 0.4) is 0 Å². The van der Waals surface area contributed by atoms with Crippen LogP contribution in [0.1, 0.15) is 12.8 Å². The third-order valence-electron chi connectivity index (χ3n) is 2.32. The Bertz CT molecular complexity index is 284. The second-order valence-corrected chi connectivity index (χ2v) is 4.70. The molecule has 1 nitrogen and oxygen atoms in total. The maximum absolute atomic E-state index is 6.16. The zero-order chi connectivity index (χ0) is 9.31. The molecule has 1 heterocycles. The molecule has 0 N–H and O–H groups in total. The van der Waals surface area contributed by atoms with E-state index in [0.717, 1.165) is 25.1 Å². The molecule has 13 heavy (non-hydrogen) atoms. The molecule has 0 atom stereocenters. The number of halogens is 2. The van der Waals surface area contributed by atoms with Crippen molar-refractivity contribution in [3.8, 4) is 0 Å². The van der Waals surface area contributed by atoms with Crippen LogP contribution in [0.4, 0.5) is 5.69 Å². The second kappa shape index (κ2) is 3.39. The van der Waals surface area contributed by atoms with Crippen molar-refractivity contribution in [1.82, 2.24) is 0 Å². The highest BCUT2D eigenvalue weighted by Gasteiger charge is 2.36. The van der Waals surface area contributed by atoms with Crippen LogP contribution in [0.25, 0.3) is 0 Å². The van der Waals surface area contributed by atoms with Crippen molar-refractivity contribution in [1.29, 1.82) is 0 Å². The zero-order valence-electron chi connectivity index (χ0n) is 7.21. The van der Waals surface area contributed by atoms with E-state index in [1.54, 1.807) is 0 Å². The Morgan fingerprint density at radius 3 is 2.38 bits per heavy atom. The Morgan fingerprint density at radius 1 is 1.15 bits per heavy atom. The van der Waals surface area contributed by atoms with Crippen molar-refractivity contribution in [2.24, 2.45) is 0 Å². The highest BCUT2D eigenvalue weighted by Crippen LogP contribution is 2.40. The summed E-state index contributed by atoms with van der Waals surface area (Å²) in [4.78, 5) is 2.04. The molecule has 1 aliphatic rings. The largest absolute Gasteiger partial charge is 0.340 e. The van der Waals surface area contributed by atoms with Crippen LogP contribution < -0.4 is 4.90 Å². The quantitative estimate of drug-likeness (QED) is 0.513. The number of para-hydroxylation sites is 1. The van der Waals surface area contributed by atoms with Crippen molar-refractivity contribution in [2.45, 2.75) is 17.3 Å². The zero-order valence-corrected chi connectivity index (χ0v) is 8.72. The van der Waals surface area contributed by atoms with Gasteiger partial charge in [0, 0.05) is 18.7 Å². The van der Waals surface area contributed by atoms with Crippen LogP contribution in [-0.2, 0) is 0 Å². The van der Waals surface area contributed by atoms with E-state index in [1.807, 2.05) is 35.2 Å². The third kappa shape index (κ3) is 1.77. The molecular weight excluding hydrogens is 205 g/mol. The van der Waals surface area contributed by atoms with Gasteiger partial charge in [-0.05, 0) is 18.6 Å². The summed E-state index contributed by atoms with van der Waals surface area (Å²) in [5, 5.41) is 0. The molecule has 0 amide bonds. The van der Waals surface area contributed by atoms with Gasteiger partial charge in [0.25, 0.3) is 0 Å². The summed E-state index contributed by atoms with van der Waals surface area (Å²) in [6, 6.07) is 10.0. The first-order valence-electron chi connectivity index (χ1n) is 4.41. The lowest BCUT2D eigenvalue weighted by molar-refractivity contribution is 0.807. The molecule has 0 aliphatic carbocycles. The molecule has 0 bridgehead atoms. The normalized spacial score (nSPS) is 20.6. The molecular formula is C10H11Cl2N.